The zero-order chi connectivity index (χ0) is 14.0. The Morgan fingerprint density at radius 2 is 2.00 bits per heavy atom. The van der Waals surface area contributed by atoms with E-state index in [2.05, 4.69) is 37.0 Å². The molecule has 0 spiro atoms. The second kappa shape index (κ2) is 5.88. The van der Waals surface area contributed by atoms with E-state index in [4.69, 9.17) is 9.26 Å². The summed E-state index contributed by atoms with van der Waals surface area (Å²) in [5.74, 6) is 0.00926. The van der Waals surface area contributed by atoms with E-state index in [1.54, 1.807) is 13.8 Å². The highest BCUT2D eigenvalue weighted by atomic mass is 79.9. The van der Waals surface area contributed by atoms with Gasteiger partial charge < -0.3 is 9.26 Å². The fourth-order valence-electron chi connectivity index (χ4n) is 1.71. The van der Waals surface area contributed by atoms with E-state index in [-0.39, 0.29) is 0 Å². The zero-order valence-corrected chi connectivity index (χ0v) is 13.5. The maximum Gasteiger partial charge on any atom is 0.344 e. The van der Waals surface area contributed by atoms with Crippen molar-refractivity contribution in [2.24, 2.45) is 0 Å². The molecule has 0 radical (unpaired) electrons. The Labute approximate surface area is 127 Å². The van der Waals surface area contributed by atoms with Gasteiger partial charge in [-0.1, -0.05) is 43.1 Å². The Morgan fingerprint density at radius 3 is 2.58 bits per heavy atom. The lowest BCUT2D eigenvalue weighted by Crippen LogP contribution is -2.06. The van der Waals surface area contributed by atoms with Crippen LogP contribution in [-0.4, -0.2) is 17.7 Å². The van der Waals surface area contributed by atoms with E-state index in [9.17, 15) is 4.79 Å². The van der Waals surface area contributed by atoms with Crippen LogP contribution in [0.5, 0.6) is 0 Å². The number of halogens is 2. The molecule has 0 fully saturated rings. The van der Waals surface area contributed by atoms with E-state index in [0.29, 0.717) is 23.6 Å². The summed E-state index contributed by atoms with van der Waals surface area (Å²) >= 11 is 6.90. The Morgan fingerprint density at radius 1 is 1.37 bits per heavy atom. The average molecular weight is 389 g/mol. The summed E-state index contributed by atoms with van der Waals surface area (Å²) in [5.41, 5.74) is 1.59. The highest BCUT2D eigenvalue weighted by molar-refractivity contribution is 9.11. The summed E-state index contributed by atoms with van der Waals surface area (Å²) in [6.07, 6.45) is 0. The lowest BCUT2D eigenvalue weighted by Gasteiger charge is -2.06. The van der Waals surface area contributed by atoms with Crippen LogP contribution in [0.4, 0.5) is 0 Å². The van der Waals surface area contributed by atoms with Gasteiger partial charge in [-0.3, -0.25) is 0 Å². The van der Waals surface area contributed by atoms with Crippen LogP contribution >= 0.6 is 31.9 Å². The summed E-state index contributed by atoms with van der Waals surface area (Å²) in [6, 6.07) is 5.63. The van der Waals surface area contributed by atoms with Crippen LogP contribution in [-0.2, 0) is 4.74 Å². The van der Waals surface area contributed by atoms with Gasteiger partial charge in [-0.25, -0.2) is 4.79 Å². The first-order valence-electron chi connectivity index (χ1n) is 5.64. The molecule has 0 aliphatic carbocycles. The Bertz CT molecular complexity index is 602. The highest BCUT2D eigenvalue weighted by Gasteiger charge is 2.25. The predicted molar refractivity (Wildman–Crippen MR) is 78.0 cm³/mol. The average Bonchev–Trinajstić information content (AvgIpc) is 2.71. The van der Waals surface area contributed by atoms with Gasteiger partial charge >= 0.3 is 5.97 Å². The number of nitrogens with zero attached hydrogens (tertiary/aromatic N) is 1. The fourth-order valence-corrected chi connectivity index (χ4v) is 3.08. The molecule has 1 heterocycles. The largest absolute Gasteiger partial charge is 0.462 e. The van der Waals surface area contributed by atoms with Crippen molar-refractivity contribution < 1.29 is 14.1 Å². The molecule has 19 heavy (non-hydrogen) atoms. The number of rotatable bonds is 3. The topological polar surface area (TPSA) is 52.3 Å². The molecule has 100 valence electrons. The van der Waals surface area contributed by atoms with Gasteiger partial charge in [0.2, 0.25) is 0 Å². The molecule has 1 aromatic heterocycles. The van der Waals surface area contributed by atoms with Gasteiger partial charge in [0.15, 0.2) is 0 Å². The van der Waals surface area contributed by atoms with Crippen LogP contribution in [0.3, 0.4) is 0 Å². The lowest BCUT2D eigenvalue weighted by atomic mass is 10.1. The van der Waals surface area contributed by atoms with Crippen molar-refractivity contribution in [3.05, 3.63) is 38.5 Å². The smallest absolute Gasteiger partial charge is 0.344 e. The minimum Gasteiger partial charge on any atom is -0.462 e. The molecule has 0 N–H and O–H groups in total. The molecule has 0 aliphatic heterocycles. The molecule has 0 unspecified atom stereocenters. The number of ether oxygens (including phenoxy) is 1. The molecule has 0 aliphatic rings. The minimum absolute atomic E-state index is 0.306. The molecule has 0 bridgehead atoms. The first-order valence-corrected chi connectivity index (χ1v) is 7.22. The van der Waals surface area contributed by atoms with Crippen molar-refractivity contribution in [3.63, 3.8) is 0 Å². The fraction of sp³-hybridized carbons (Fsp3) is 0.231. The van der Waals surface area contributed by atoms with Crippen LogP contribution in [0, 0.1) is 6.92 Å². The standard InChI is InChI=1S/C13H11Br2NO3/c1-3-18-13(17)10-7(2)19-16-12(10)11-8(14)5-4-6-9(11)15/h4-6H,3H2,1-2H3. The number of esters is 1. The molecule has 4 nitrogen and oxygen atoms in total. The molecular weight excluding hydrogens is 378 g/mol. The van der Waals surface area contributed by atoms with Gasteiger partial charge in [-0.05, 0) is 26.0 Å². The summed E-state index contributed by atoms with van der Waals surface area (Å²) in [5, 5.41) is 3.98. The van der Waals surface area contributed by atoms with Crippen molar-refractivity contribution >= 4 is 37.8 Å². The Kier molecular flexibility index (Phi) is 4.42. The molecule has 2 rings (SSSR count). The van der Waals surface area contributed by atoms with Crippen LogP contribution in [0.2, 0.25) is 0 Å². The molecule has 0 amide bonds. The monoisotopic (exact) mass is 387 g/mol. The molecule has 1 aromatic carbocycles. The summed E-state index contributed by atoms with van der Waals surface area (Å²) in [7, 11) is 0. The van der Waals surface area contributed by atoms with E-state index in [1.165, 1.54) is 0 Å². The molecule has 6 heteroatoms. The van der Waals surface area contributed by atoms with Gasteiger partial charge in [0.25, 0.3) is 0 Å². The quantitative estimate of drug-likeness (QED) is 0.733. The molecule has 0 saturated heterocycles. The third kappa shape index (κ3) is 2.74. The Balaban J connectivity index is 2.61. The van der Waals surface area contributed by atoms with Crippen LogP contribution in [0.25, 0.3) is 11.3 Å². The first kappa shape index (κ1) is 14.3. The number of aromatic nitrogens is 1. The van der Waals surface area contributed by atoms with Crippen molar-refractivity contribution in [1.29, 1.82) is 0 Å². The van der Waals surface area contributed by atoms with E-state index >= 15 is 0 Å². The SMILES string of the molecule is CCOC(=O)c1c(-c2c(Br)cccc2Br)noc1C. The second-order valence-corrected chi connectivity index (χ2v) is 5.49. The van der Waals surface area contributed by atoms with Crippen molar-refractivity contribution in [2.75, 3.05) is 6.61 Å². The number of hydrogen-bond acceptors (Lipinski definition) is 4. The number of hydrogen-bond donors (Lipinski definition) is 0. The van der Waals surface area contributed by atoms with Gasteiger partial charge in [-0.15, -0.1) is 0 Å². The summed E-state index contributed by atoms with van der Waals surface area (Å²) in [4.78, 5) is 12.0. The first-order chi connectivity index (χ1) is 9.06. The van der Waals surface area contributed by atoms with E-state index in [0.717, 1.165) is 14.5 Å². The number of benzene rings is 1. The predicted octanol–water partition coefficient (Wildman–Crippen LogP) is 4.35. The molecule has 2 aromatic rings. The normalized spacial score (nSPS) is 10.5. The highest BCUT2D eigenvalue weighted by Crippen LogP contribution is 2.37. The Hall–Kier alpha value is -1.14. The molecular formula is C13H11Br2NO3. The van der Waals surface area contributed by atoms with E-state index in [1.807, 2.05) is 18.2 Å². The third-order valence-corrected chi connectivity index (χ3v) is 3.86. The van der Waals surface area contributed by atoms with Crippen LogP contribution in [0.15, 0.2) is 31.7 Å². The van der Waals surface area contributed by atoms with Gasteiger partial charge in [-0.2, -0.15) is 0 Å². The van der Waals surface area contributed by atoms with Gasteiger partial charge in [0.05, 0.1) is 6.61 Å². The minimum atomic E-state index is -0.432. The molecule has 0 saturated carbocycles. The van der Waals surface area contributed by atoms with E-state index < -0.39 is 5.97 Å². The third-order valence-electron chi connectivity index (χ3n) is 2.54. The van der Waals surface area contributed by atoms with Crippen LogP contribution in [0.1, 0.15) is 23.0 Å². The van der Waals surface area contributed by atoms with Gasteiger partial charge in [0, 0.05) is 14.5 Å². The number of aryl methyl sites for hydroxylation is 1. The van der Waals surface area contributed by atoms with Crippen LogP contribution < -0.4 is 0 Å². The summed E-state index contributed by atoms with van der Waals surface area (Å²) < 4.78 is 11.8. The number of carbonyl (C=O) groups excluding carboxylic acids is 1. The number of carbonyl (C=O) groups is 1. The zero-order valence-electron chi connectivity index (χ0n) is 10.4. The maximum atomic E-state index is 12.0. The van der Waals surface area contributed by atoms with Gasteiger partial charge in [0.1, 0.15) is 17.0 Å². The molecule has 0 atom stereocenters. The summed E-state index contributed by atoms with van der Waals surface area (Å²) in [6.45, 7) is 3.75. The lowest BCUT2D eigenvalue weighted by molar-refractivity contribution is 0.0525. The van der Waals surface area contributed by atoms with Crippen molar-refractivity contribution in [1.82, 2.24) is 5.16 Å². The maximum absolute atomic E-state index is 12.0. The van der Waals surface area contributed by atoms with Crippen molar-refractivity contribution in [2.45, 2.75) is 13.8 Å². The second-order valence-electron chi connectivity index (χ2n) is 3.78. The van der Waals surface area contributed by atoms with Crippen molar-refractivity contribution in [3.8, 4) is 11.3 Å².